The van der Waals surface area contributed by atoms with E-state index in [0.29, 0.717) is 15.6 Å². The molecule has 108 valence electrons. The molecule has 0 saturated carbocycles. The van der Waals surface area contributed by atoms with Crippen LogP contribution in [0.25, 0.3) is 0 Å². The van der Waals surface area contributed by atoms with E-state index in [0.717, 1.165) is 0 Å². The van der Waals surface area contributed by atoms with Gasteiger partial charge in [-0.25, -0.2) is 0 Å². The van der Waals surface area contributed by atoms with Crippen molar-refractivity contribution in [3.63, 3.8) is 0 Å². The maximum atomic E-state index is 11.7. The number of benzene rings is 1. The Labute approximate surface area is 136 Å². The predicted molar refractivity (Wildman–Crippen MR) is 84.4 cm³/mol. The van der Waals surface area contributed by atoms with E-state index in [2.05, 4.69) is 5.32 Å². The molecule has 0 spiro atoms. The second-order valence-corrected chi connectivity index (χ2v) is 5.74. The summed E-state index contributed by atoms with van der Waals surface area (Å²) in [6.45, 7) is 0. The van der Waals surface area contributed by atoms with E-state index in [1.54, 1.807) is 12.1 Å². The van der Waals surface area contributed by atoms with Crippen molar-refractivity contribution in [2.75, 3.05) is 0 Å². The van der Waals surface area contributed by atoms with Crippen LogP contribution < -0.4 is 16.8 Å². The highest BCUT2D eigenvalue weighted by atomic mass is 35.5. The highest BCUT2D eigenvalue weighted by molar-refractivity contribution is 7.80. The van der Waals surface area contributed by atoms with Crippen molar-refractivity contribution in [3.05, 3.63) is 45.2 Å². The van der Waals surface area contributed by atoms with Gasteiger partial charge in [0.1, 0.15) is 11.7 Å². The van der Waals surface area contributed by atoms with Gasteiger partial charge in [-0.2, -0.15) is 5.26 Å². The van der Waals surface area contributed by atoms with Gasteiger partial charge in [-0.05, 0) is 17.7 Å². The van der Waals surface area contributed by atoms with E-state index in [1.807, 2.05) is 6.07 Å². The lowest BCUT2D eigenvalue weighted by Crippen LogP contribution is -2.47. The fourth-order valence-electron chi connectivity index (χ4n) is 2.28. The summed E-state index contributed by atoms with van der Waals surface area (Å²) in [5, 5.41) is 12.7. The third-order valence-electron chi connectivity index (χ3n) is 3.20. The number of rotatable bonds is 2. The van der Waals surface area contributed by atoms with Gasteiger partial charge in [0.05, 0.1) is 16.6 Å². The van der Waals surface area contributed by atoms with E-state index in [9.17, 15) is 10.1 Å². The van der Waals surface area contributed by atoms with Crippen molar-refractivity contribution in [1.29, 1.82) is 5.26 Å². The predicted octanol–water partition coefficient (Wildman–Crippen LogP) is 1.80. The Morgan fingerprint density at radius 2 is 2.10 bits per heavy atom. The van der Waals surface area contributed by atoms with Gasteiger partial charge >= 0.3 is 0 Å². The van der Waals surface area contributed by atoms with Crippen LogP contribution >= 0.6 is 35.4 Å². The summed E-state index contributed by atoms with van der Waals surface area (Å²) in [5.41, 5.74) is 11.9. The molecule has 1 aliphatic heterocycles. The van der Waals surface area contributed by atoms with E-state index >= 15 is 0 Å². The largest absolute Gasteiger partial charge is 0.384 e. The molecule has 5 N–H and O–H groups in total. The molecule has 0 bridgehead atoms. The Morgan fingerprint density at radius 1 is 1.43 bits per heavy atom. The lowest BCUT2D eigenvalue weighted by Gasteiger charge is -2.32. The van der Waals surface area contributed by atoms with Gasteiger partial charge in [0, 0.05) is 16.0 Å². The Balaban J connectivity index is 2.68. The summed E-state index contributed by atoms with van der Waals surface area (Å²) in [6, 6.07) is 6.74. The van der Waals surface area contributed by atoms with Crippen molar-refractivity contribution < 1.29 is 4.79 Å². The number of nitrogens with zero attached hydrogens (tertiary/aromatic N) is 1. The minimum Gasteiger partial charge on any atom is -0.384 e. The van der Waals surface area contributed by atoms with Crippen molar-refractivity contribution in [2.24, 2.45) is 17.4 Å². The van der Waals surface area contributed by atoms with Crippen LogP contribution in [0.1, 0.15) is 11.5 Å². The maximum absolute atomic E-state index is 11.7. The number of nitrogens with one attached hydrogen (secondary N) is 1. The molecule has 0 radical (unpaired) electrons. The average Bonchev–Trinajstić information content (AvgIpc) is 2.37. The molecule has 0 saturated heterocycles. The van der Waals surface area contributed by atoms with Crippen molar-refractivity contribution in [3.8, 4) is 6.07 Å². The first-order valence-electron chi connectivity index (χ1n) is 5.81. The Morgan fingerprint density at radius 3 is 2.62 bits per heavy atom. The Hall–Kier alpha value is -1.81. The molecule has 0 aliphatic carbocycles. The monoisotopic (exact) mass is 340 g/mol. The molecule has 1 aliphatic rings. The molecule has 21 heavy (non-hydrogen) atoms. The van der Waals surface area contributed by atoms with E-state index in [4.69, 9.17) is 46.9 Å². The molecule has 1 aromatic rings. The van der Waals surface area contributed by atoms with Gasteiger partial charge in [0.25, 0.3) is 0 Å². The standard InChI is InChI=1S/C13H10Cl2N4OS/c14-5-1-2-6(8(15)3-5)9-7(4-16)11(17)19-13(21)10(9)12(18)20/h1-3,9-10H,17H2,(H2,18,20)(H,19,21)/t9-,10-/m0/s1. The fourth-order valence-corrected chi connectivity index (χ4v) is 3.16. The van der Waals surface area contributed by atoms with Gasteiger partial charge in [0.15, 0.2) is 0 Å². The third-order valence-corrected chi connectivity index (χ3v) is 4.12. The van der Waals surface area contributed by atoms with E-state index < -0.39 is 17.7 Å². The topological polar surface area (TPSA) is 105 Å². The normalized spacial score (nSPS) is 21.7. The van der Waals surface area contributed by atoms with Crippen LogP contribution in [0.15, 0.2) is 29.6 Å². The summed E-state index contributed by atoms with van der Waals surface area (Å²) in [7, 11) is 0. The van der Waals surface area contributed by atoms with Crippen LogP contribution in [0.3, 0.4) is 0 Å². The van der Waals surface area contributed by atoms with Crippen LogP contribution in [0.4, 0.5) is 0 Å². The Bertz CT molecular complexity index is 711. The molecule has 5 nitrogen and oxygen atoms in total. The summed E-state index contributed by atoms with van der Waals surface area (Å²) >= 11 is 17.2. The van der Waals surface area contributed by atoms with Crippen LogP contribution in [0.2, 0.25) is 10.0 Å². The van der Waals surface area contributed by atoms with Crippen molar-refractivity contribution in [1.82, 2.24) is 5.32 Å². The van der Waals surface area contributed by atoms with Crippen LogP contribution in [-0.4, -0.2) is 10.9 Å². The molecule has 2 atom stereocenters. The number of hydrogen-bond donors (Lipinski definition) is 3. The van der Waals surface area contributed by atoms with E-state index in [-0.39, 0.29) is 16.4 Å². The lowest BCUT2D eigenvalue weighted by atomic mass is 9.78. The quantitative estimate of drug-likeness (QED) is 0.712. The number of allylic oxidation sites excluding steroid dienone is 1. The molecule has 1 aromatic carbocycles. The summed E-state index contributed by atoms with van der Waals surface area (Å²) in [4.78, 5) is 11.9. The van der Waals surface area contributed by atoms with Crippen LogP contribution in [-0.2, 0) is 4.79 Å². The number of nitrogens with two attached hydrogens (primary N) is 2. The first-order chi connectivity index (χ1) is 9.86. The number of thiocarbonyl (C=S) groups is 1. The lowest BCUT2D eigenvalue weighted by molar-refractivity contribution is -0.120. The van der Waals surface area contributed by atoms with E-state index in [1.165, 1.54) is 6.07 Å². The summed E-state index contributed by atoms with van der Waals surface area (Å²) in [6.07, 6.45) is 0. The molecule has 8 heteroatoms. The maximum Gasteiger partial charge on any atom is 0.228 e. The number of nitriles is 1. The first-order valence-corrected chi connectivity index (χ1v) is 6.98. The van der Waals surface area contributed by atoms with Crippen LogP contribution in [0.5, 0.6) is 0 Å². The number of hydrogen-bond acceptors (Lipinski definition) is 4. The SMILES string of the molecule is N#CC1=C(N)NC(=S)[C@H](C(N)=O)[C@H]1c1ccc(Cl)cc1Cl. The smallest absolute Gasteiger partial charge is 0.228 e. The molecular formula is C13H10Cl2N4OS. The fraction of sp³-hybridized carbons (Fsp3) is 0.154. The molecular weight excluding hydrogens is 331 g/mol. The highest BCUT2D eigenvalue weighted by Gasteiger charge is 2.40. The molecule has 0 aromatic heterocycles. The van der Waals surface area contributed by atoms with Gasteiger partial charge in [-0.1, -0.05) is 41.5 Å². The molecule has 0 unspecified atom stereocenters. The number of halogens is 2. The molecule has 1 heterocycles. The summed E-state index contributed by atoms with van der Waals surface area (Å²) in [5.74, 6) is -2.20. The number of primary amides is 1. The van der Waals surface area contributed by atoms with Gasteiger partial charge < -0.3 is 16.8 Å². The molecule has 0 fully saturated rings. The average molecular weight is 341 g/mol. The van der Waals surface area contributed by atoms with Crippen LogP contribution in [0, 0.1) is 17.2 Å². The number of amides is 1. The second kappa shape index (κ2) is 5.90. The van der Waals surface area contributed by atoms with Gasteiger partial charge in [0.2, 0.25) is 5.91 Å². The summed E-state index contributed by atoms with van der Waals surface area (Å²) < 4.78 is 0. The highest BCUT2D eigenvalue weighted by Crippen LogP contribution is 2.40. The van der Waals surface area contributed by atoms with Gasteiger partial charge in [-0.15, -0.1) is 0 Å². The number of carbonyl (C=O) groups is 1. The molecule has 1 amide bonds. The minimum atomic E-state index is -0.902. The number of carbonyl (C=O) groups excluding carboxylic acids is 1. The van der Waals surface area contributed by atoms with Crippen molar-refractivity contribution in [2.45, 2.75) is 5.92 Å². The Kier molecular flexibility index (Phi) is 4.37. The zero-order valence-corrected chi connectivity index (χ0v) is 12.9. The zero-order chi connectivity index (χ0) is 15.7. The first kappa shape index (κ1) is 15.6. The zero-order valence-electron chi connectivity index (χ0n) is 10.6. The minimum absolute atomic E-state index is 0.0935. The van der Waals surface area contributed by atoms with Crippen molar-refractivity contribution >= 4 is 46.3 Å². The third kappa shape index (κ3) is 2.81. The van der Waals surface area contributed by atoms with Gasteiger partial charge in [-0.3, -0.25) is 4.79 Å². The second-order valence-electron chi connectivity index (χ2n) is 4.45. The molecule has 2 rings (SSSR count).